The topological polar surface area (TPSA) is 29.5 Å². The second-order valence-corrected chi connectivity index (χ2v) is 8.93. The van der Waals surface area contributed by atoms with Gasteiger partial charge in [-0.2, -0.15) is 0 Å². The zero-order valence-electron chi connectivity index (χ0n) is 14.3. The van der Waals surface area contributed by atoms with Gasteiger partial charge in [0.05, 0.1) is 17.3 Å². The molecule has 1 aliphatic rings. The number of ether oxygens (including phenoxy) is 1. The van der Waals surface area contributed by atoms with Crippen molar-refractivity contribution < 1.29 is 9.53 Å². The number of benzene rings is 2. The molecule has 2 heterocycles. The van der Waals surface area contributed by atoms with E-state index in [0.29, 0.717) is 28.6 Å². The molecule has 0 atom stereocenters. The minimum Gasteiger partial charge on any atom is -0.493 e. The van der Waals surface area contributed by atoms with Crippen molar-refractivity contribution in [2.24, 2.45) is 0 Å². The first-order valence-corrected chi connectivity index (χ1v) is 10.7. The summed E-state index contributed by atoms with van der Waals surface area (Å²) in [6, 6.07) is 13.3. The first kappa shape index (κ1) is 18.9. The monoisotopic (exact) mass is 479 g/mol. The van der Waals surface area contributed by atoms with Gasteiger partial charge in [0, 0.05) is 33.3 Å². The van der Waals surface area contributed by atoms with Crippen LogP contribution >= 0.6 is 51.5 Å². The van der Waals surface area contributed by atoms with Gasteiger partial charge in [0.1, 0.15) is 10.6 Å². The smallest absolute Gasteiger partial charge is 0.269 e. The first-order valence-electron chi connectivity index (χ1n) is 8.27. The number of carbonyl (C=O) groups excluding carboxylic acids is 1. The van der Waals surface area contributed by atoms with Gasteiger partial charge in [-0.3, -0.25) is 4.79 Å². The van der Waals surface area contributed by atoms with Crippen molar-refractivity contribution in [3.63, 3.8) is 0 Å². The van der Waals surface area contributed by atoms with Crippen LogP contribution in [0.2, 0.25) is 5.02 Å². The number of thiol groups is 1. The van der Waals surface area contributed by atoms with E-state index in [2.05, 4.69) is 15.9 Å². The van der Waals surface area contributed by atoms with Crippen molar-refractivity contribution in [2.75, 3.05) is 18.6 Å². The van der Waals surface area contributed by atoms with Crippen LogP contribution < -0.4 is 9.64 Å². The highest BCUT2D eigenvalue weighted by atomic mass is 79.9. The molecule has 0 spiro atoms. The van der Waals surface area contributed by atoms with E-state index >= 15 is 0 Å². The molecule has 1 aromatic heterocycles. The maximum atomic E-state index is 13.2. The third-order valence-corrected chi connectivity index (χ3v) is 7.20. The molecular formula is C20H15BrClNO2S2. The van der Waals surface area contributed by atoms with E-state index in [9.17, 15) is 4.79 Å². The number of carbonyl (C=O) groups is 1. The van der Waals surface area contributed by atoms with Gasteiger partial charge in [0.15, 0.2) is 0 Å². The van der Waals surface area contributed by atoms with E-state index in [1.807, 2.05) is 36.4 Å². The normalized spacial score (nSPS) is 12.6. The van der Waals surface area contributed by atoms with Crippen LogP contribution in [0.15, 0.2) is 51.8 Å². The fourth-order valence-electron chi connectivity index (χ4n) is 3.10. The highest BCUT2D eigenvalue weighted by Crippen LogP contribution is 2.45. The minimum atomic E-state index is -0.120. The van der Waals surface area contributed by atoms with Crippen LogP contribution in [0.1, 0.15) is 15.2 Å². The Kier molecular flexibility index (Phi) is 5.25. The van der Waals surface area contributed by atoms with Crippen LogP contribution in [0, 0.1) is 0 Å². The van der Waals surface area contributed by atoms with Crippen molar-refractivity contribution in [1.29, 1.82) is 0 Å². The number of anilines is 1. The Balaban J connectivity index is 1.79. The number of hydrogen-bond donors (Lipinski definition) is 1. The van der Waals surface area contributed by atoms with E-state index in [-0.39, 0.29) is 5.91 Å². The SMILES string of the molecule is CN(C(=O)c1sc2c(c1S)CCOc1cc(Br)ccc1-2)c1ccccc1Cl. The maximum Gasteiger partial charge on any atom is 0.269 e. The third kappa shape index (κ3) is 3.40. The number of fused-ring (bicyclic) bond motifs is 3. The summed E-state index contributed by atoms with van der Waals surface area (Å²) in [6.07, 6.45) is 0.708. The van der Waals surface area contributed by atoms with E-state index < -0.39 is 0 Å². The van der Waals surface area contributed by atoms with E-state index in [1.54, 1.807) is 18.0 Å². The predicted molar refractivity (Wildman–Crippen MR) is 118 cm³/mol. The molecule has 0 bridgehead atoms. The Labute approximate surface area is 180 Å². The summed E-state index contributed by atoms with van der Waals surface area (Å²) in [5.74, 6) is 0.696. The van der Waals surface area contributed by atoms with Gasteiger partial charge in [0.2, 0.25) is 0 Å². The Morgan fingerprint density at radius 2 is 2.07 bits per heavy atom. The Morgan fingerprint density at radius 1 is 1.30 bits per heavy atom. The number of thiophene rings is 1. The summed E-state index contributed by atoms with van der Waals surface area (Å²) in [6.45, 7) is 0.550. The molecule has 0 radical (unpaired) electrons. The van der Waals surface area contributed by atoms with Gasteiger partial charge in [-0.25, -0.2) is 0 Å². The lowest BCUT2D eigenvalue weighted by Crippen LogP contribution is -2.26. The number of hydrogen-bond acceptors (Lipinski definition) is 4. The van der Waals surface area contributed by atoms with Gasteiger partial charge in [-0.1, -0.05) is 39.7 Å². The highest BCUT2D eigenvalue weighted by molar-refractivity contribution is 9.10. The lowest BCUT2D eigenvalue weighted by molar-refractivity contribution is 0.0994. The van der Waals surface area contributed by atoms with Gasteiger partial charge >= 0.3 is 0 Å². The summed E-state index contributed by atoms with van der Waals surface area (Å²) in [5.41, 5.74) is 2.72. The third-order valence-electron chi connectivity index (χ3n) is 4.49. The Morgan fingerprint density at radius 3 is 2.85 bits per heavy atom. The van der Waals surface area contributed by atoms with Crippen LogP contribution in [-0.4, -0.2) is 19.6 Å². The molecule has 27 heavy (non-hydrogen) atoms. The summed E-state index contributed by atoms with van der Waals surface area (Å²) >= 11 is 15.9. The van der Waals surface area contributed by atoms with Crippen LogP contribution in [0.3, 0.4) is 0 Å². The number of amides is 1. The lowest BCUT2D eigenvalue weighted by atomic mass is 10.1. The van der Waals surface area contributed by atoms with Crippen molar-refractivity contribution in [3.8, 4) is 16.2 Å². The molecule has 0 aliphatic carbocycles. The largest absolute Gasteiger partial charge is 0.493 e. The minimum absolute atomic E-state index is 0.120. The zero-order chi connectivity index (χ0) is 19.1. The van der Waals surface area contributed by atoms with Crippen LogP contribution in [0.4, 0.5) is 5.69 Å². The number of nitrogens with zero attached hydrogens (tertiary/aromatic N) is 1. The Bertz CT molecular complexity index is 1050. The highest BCUT2D eigenvalue weighted by Gasteiger charge is 2.27. The predicted octanol–water partition coefficient (Wildman–Crippen LogP) is 6.33. The van der Waals surface area contributed by atoms with E-state index in [4.69, 9.17) is 29.0 Å². The summed E-state index contributed by atoms with van der Waals surface area (Å²) in [7, 11) is 1.73. The molecule has 3 aromatic rings. The molecular weight excluding hydrogens is 466 g/mol. The lowest BCUT2D eigenvalue weighted by Gasteiger charge is -2.18. The fourth-order valence-corrected chi connectivity index (χ4v) is 5.49. The van der Waals surface area contributed by atoms with Crippen molar-refractivity contribution in [1.82, 2.24) is 0 Å². The van der Waals surface area contributed by atoms with E-state index in [1.165, 1.54) is 11.3 Å². The van der Waals surface area contributed by atoms with Crippen molar-refractivity contribution in [3.05, 3.63) is 62.4 Å². The molecule has 1 aliphatic heterocycles. The number of rotatable bonds is 2. The van der Waals surface area contributed by atoms with Gasteiger partial charge in [-0.15, -0.1) is 24.0 Å². The van der Waals surface area contributed by atoms with E-state index in [0.717, 1.165) is 31.1 Å². The molecule has 0 N–H and O–H groups in total. The second kappa shape index (κ2) is 7.51. The van der Waals surface area contributed by atoms with Crippen LogP contribution in [0.5, 0.6) is 5.75 Å². The average molecular weight is 481 g/mol. The zero-order valence-corrected chi connectivity index (χ0v) is 18.4. The average Bonchev–Trinajstić information content (AvgIpc) is 2.87. The number of para-hydroxylation sites is 1. The number of halogens is 2. The molecule has 0 fully saturated rings. The van der Waals surface area contributed by atoms with Crippen LogP contribution in [0.25, 0.3) is 10.4 Å². The second-order valence-electron chi connectivity index (χ2n) is 6.14. The summed E-state index contributed by atoms with van der Waals surface area (Å²) < 4.78 is 6.85. The summed E-state index contributed by atoms with van der Waals surface area (Å²) in [4.78, 5) is 17.1. The van der Waals surface area contributed by atoms with Crippen LogP contribution in [-0.2, 0) is 6.42 Å². The standard InChI is InChI=1S/C20H15BrClNO2S2/c1-23(15-5-3-2-4-14(15)22)20(24)19-17(26)13-8-9-25-16-10-11(21)6-7-12(16)18(13)27-19/h2-7,10,26H,8-9H2,1H3. The molecule has 0 saturated carbocycles. The van der Waals surface area contributed by atoms with Gasteiger partial charge in [-0.05, 0) is 35.9 Å². The maximum absolute atomic E-state index is 13.2. The summed E-state index contributed by atoms with van der Waals surface area (Å²) in [5, 5.41) is 0.538. The molecule has 4 rings (SSSR count). The van der Waals surface area contributed by atoms with Crippen molar-refractivity contribution in [2.45, 2.75) is 11.3 Å². The molecule has 3 nitrogen and oxygen atoms in total. The molecule has 0 saturated heterocycles. The molecule has 7 heteroatoms. The molecule has 138 valence electrons. The van der Waals surface area contributed by atoms with Crippen molar-refractivity contribution >= 4 is 63.1 Å². The van der Waals surface area contributed by atoms with Gasteiger partial charge < -0.3 is 9.64 Å². The quantitative estimate of drug-likeness (QED) is 0.434. The Hall–Kier alpha value is -1.47. The first-order chi connectivity index (χ1) is 13.0. The molecule has 1 amide bonds. The fraction of sp³-hybridized carbons (Fsp3) is 0.150. The molecule has 2 aromatic carbocycles. The van der Waals surface area contributed by atoms with Gasteiger partial charge in [0.25, 0.3) is 5.91 Å². The molecule has 0 unspecified atom stereocenters.